The molecule has 1 amide bonds. The first-order valence-electron chi connectivity index (χ1n) is 6.43. The van der Waals surface area contributed by atoms with Gasteiger partial charge in [-0.25, -0.2) is 0 Å². The molecule has 0 aliphatic heterocycles. The van der Waals surface area contributed by atoms with Crippen LogP contribution in [0.3, 0.4) is 0 Å². The Balaban J connectivity index is 2.08. The highest BCUT2D eigenvalue weighted by atomic mass is 16.5. The highest BCUT2D eigenvalue weighted by Crippen LogP contribution is 2.28. The van der Waals surface area contributed by atoms with Gasteiger partial charge in [-0.3, -0.25) is 4.79 Å². The lowest BCUT2D eigenvalue weighted by Gasteiger charge is -2.14. The van der Waals surface area contributed by atoms with E-state index in [1.54, 1.807) is 19.0 Å². The molecule has 4 heteroatoms. The van der Waals surface area contributed by atoms with Crippen molar-refractivity contribution in [3.05, 3.63) is 54.6 Å². The molecule has 0 unspecified atom stereocenters. The zero-order valence-corrected chi connectivity index (χ0v) is 11.7. The molecule has 0 fully saturated rings. The third-order valence-corrected chi connectivity index (χ3v) is 2.79. The Hall–Kier alpha value is -2.49. The van der Waals surface area contributed by atoms with E-state index in [2.05, 4.69) is 5.32 Å². The number of amides is 1. The highest BCUT2D eigenvalue weighted by molar-refractivity contribution is 5.81. The van der Waals surface area contributed by atoms with Gasteiger partial charge in [-0.05, 0) is 24.3 Å². The third-order valence-electron chi connectivity index (χ3n) is 2.79. The number of hydrogen-bond donors (Lipinski definition) is 1. The molecule has 0 radical (unpaired) electrons. The van der Waals surface area contributed by atoms with Crippen LogP contribution in [0.25, 0.3) is 0 Å². The van der Waals surface area contributed by atoms with Crippen LogP contribution in [0, 0.1) is 0 Å². The van der Waals surface area contributed by atoms with Crippen molar-refractivity contribution in [3.63, 3.8) is 0 Å². The molecule has 0 heterocycles. The van der Waals surface area contributed by atoms with E-state index in [4.69, 9.17) is 4.74 Å². The van der Waals surface area contributed by atoms with Gasteiger partial charge >= 0.3 is 0 Å². The summed E-state index contributed by atoms with van der Waals surface area (Å²) in [5.41, 5.74) is 0.798. The van der Waals surface area contributed by atoms with Crippen molar-refractivity contribution in [3.8, 4) is 11.5 Å². The summed E-state index contributed by atoms with van der Waals surface area (Å²) in [6.07, 6.45) is 0. The molecule has 0 bridgehead atoms. The van der Waals surface area contributed by atoms with E-state index in [1.807, 2.05) is 54.6 Å². The Kier molecular flexibility index (Phi) is 4.60. The molecule has 4 nitrogen and oxygen atoms in total. The van der Waals surface area contributed by atoms with Crippen molar-refractivity contribution in [1.82, 2.24) is 4.90 Å². The number of ether oxygens (including phenoxy) is 1. The SMILES string of the molecule is CN(C)C(=O)CNc1ccccc1Oc1ccccc1. The number of nitrogens with zero attached hydrogens (tertiary/aromatic N) is 1. The van der Waals surface area contributed by atoms with Gasteiger partial charge in [0.25, 0.3) is 0 Å². The van der Waals surface area contributed by atoms with Crippen LogP contribution in [0.5, 0.6) is 11.5 Å². The number of para-hydroxylation sites is 3. The number of likely N-dealkylation sites (N-methyl/N-ethyl adjacent to an activating group) is 1. The lowest BCUT2D eigenvalue weighted by molar-refractivity contribution is -0.126. The van der Waals surface area contributed by atoms with E-state index in [9.17, 15) is 4.79 Å². The van der Waals surface area contributed by atoms with Crippen molar-refractivity contribution in [2.75, 3.05) is 26.0 Å². The maximum absolute atomic E-state index is 11.6. The minimum absolute atomic E-state index is 0.0134. The molecular weight excluding hydrogens is 252 g/mol. The molecule has 0 aliphatic carbocycles. The lowest BCUT2D eigenvalue weighted by Crippen LogP contribution is -2.28. The maximum Gasteiger partial charge on any atom is 0.241 e. The van der Waals surface area contributed by atoms with E-state index >= 15 is 0 Å². The van der Waals surface area contributed by atoms with Gasteiger partial charge in [0.15, 0.2) is 5.75 Å². The normalized spacial score (nSPS) is 9.90. The van der Waals surface area contributed by atoms with E-state index in [-0.39, 0.29) is 12.5 Å². The zero-order chi connectivity index (χ0) is 14.4. The molecule has 2 rings (SSSR count). The van der Waals surface area contributed by atoms with Crippen LogP contribution in [0.15, 0.2) is 54.6 Å². The van der Waals surface area contributed by atoms with Crippen molar-refractivity contribution in [1.29, 1.82) is 0 Å². The van der Waals surface area contributed by atoms with Crippen LogP contribution < -0.4 is 10.1 Å². The summed E-state index contributed by atoms with van der Waals surface area (Å²) < 4.78 is 5.81. The molecule has 2 aromatic rings. The second-order valence-corrected chi connectivity index (χ2v) is 4.55. The molecule has 0 aromatic heterocycles. The zero-order valence-electron chi connectivity index (χ0n) is 11.7. The van der Waals surface area contributed by atoms with Crippen molar-refractivity contribution >= 4 is 11.6 Å². The molecule has 0 spiro atoms. The van der Waals surface area contributed by atoms with Gasteiger partial charge < -0.3 is 15.0 Å². The molecule has 1 N–H and O–H groups in total. The molecular formula is C16H18N2O2. The Labute approximate surface area is 119 Å². The Morgan fingerprint density at radius 1 is 1.05 bits per heavy atom. The summed E-state index contributed by atoms with van der Waals surface area (Å²) in [6, 6.07) is 17.1. The van der Waals surface area contributed by atoms with Crippen molar-refractivity contribution in [2.24, 2.45) is 0 Å². The minimum atomic E-state index is 0.0134. The molecule has 2 aromatic carbocycles. The second-order valence-electron chi connectivity index (χ2n) is 4.55. The van der Waals surface area contributed by atoms with Crippen LogP contribution in [-0.4, -0.2) is 31.4 Å². The van der Waals surface area contributed by atoms with Gasteiger partial charge in [0, 0.05) is 14.1 Å². The number of anilines is 1. The molecule has 0 aliphatic rings. The molecule has 20 heavy (non-hydrogen) atoms. The average Bonchev–Trinajstić information content (AvgIpc) is 2.47. The van der Waals surface area contributed by atoms with Crippen LogP contribution in [-0.2, 0) is 4.79 Å². The van der Waals surface area contributed by atoms with Crippen LogP contribution in [0.4, 0.5) is 5.69 Å². The number of carbonyl (C=O) groups excluding carboxylic acids is 1. The first kappa shape index (κ1) is 13.9. The van der Waals surface area contributed by atoms with Gasteiger partial charge in [0.2, 0.25) is 5.91 Å². The Morgan fingerprint density at radius 2 is 1.70 bits per heavy atom. The maximum atomic E-state index is 11.6. The number of carbonyl (C=O) groups is 1. The van der Waals surface area contributed by atoms with E-state index < -0.39 is 0 Å². The molecule has 0 saturated heterocycles. The van der Waals surface area contributed by atoms with Crippen molar-refractivity contribution < 1.29 is 9.53 Å². The summed E-state index contributed by atoms with van der Waals surface area (Å²) in [6.45, 7) is 0.238. The standard InChI is InChI=1S/C16H18N2O2/c1-18(2)16(19)12-17-14-10-6-7-11-15(14)20-13-8-4-3-5-9-13/h3-11,17H,12H2,1-2H3. The van der Waals surface area contributed by atoms with Crippen LogP contribution in [0.1, 0.15) is 0 Å². The monoisotopic (exact) mass is 270 g/mol. The van der Waals surface area contributed by atoms with Gasteiger partial charge in [0.1, 0.15) is 5.75 Å². The van der Waals surface area contributed by atoms with E-state index in [0.29, 0.717) is 5.75 Å². The number of rotatable bonds is 5. The molecule has 0 atom stereocenters. The van der Waals surface area contributed by atoms with Crippen molar-refractivity contribution in [2.45, 2.75) is 0 Å². The molecule has 104 valence electrons. The number of nitrogens with one attached hydrogen (secondary N) is 1. The fourth-order valence-corrected chi connectivity index (χ4v) is 1.65. The van der Waals surface area contributed by atoms with Gasteiger partial charge in [0.05, 0.1) is 12.2 Å². The van der Waals surface area contributed by atoms with E-state index in [0.717, 1.165) is 11.4 Å². The average molecular weight is 270 g/mol. The fourth-order valence-electron chi connectivity index (χ4n) is 1.65. The smallest absolute Gasteiger partial charge is 0.241 e. The summed E-state index contributed by atoms with van der Waals surface area (Å²) >= 11 is 0. The topological polar surface area (TPSA) is 41.6 Å². The summed E-state index contributed by atoms with van der Waals surface area (Å²) in [7, 11) is 3.47. The van der Waals surface area contributed by atoms with E-state index in [1.165, 1.54) is 0 Å². The number of hydrogen-bond acceptors (Lipinski definition) is 3. The fraction of sp³-hybridized carbons (Fsp3) is 0.188. The first-order chi connectivity index (χ1) is 9.66. The second kappa shape index (κ2) is 6.61. The van der Waals surface area contributed by atoms with Gasteiger partial charge in [-0.2, -0.15) is 0 Å². The highest BCUT2D eigenvalue weighted by Gasteiger charge is 2.07. The summed E-state index contributed by atoms with van der Waals surface area (Å²) in [5, 5.41) is 3.10. The van der Waals surface area contributed by atoms with Crippen LogP contribution in [0.2, 0.25) is 0 Å². The number of benzene rings is 2. The first-order valence-corrected chi connectivity index (χ1v) is 6.43. The predicted molar refractivity (Wildman–Crippen MR) is 80.1 cm³/mol. The largest absolute Gasteiger partial charge is 0.455 e. The van der Waals surface area contributed by atoms with Crippen LogP contribution >= 0.6 is 0 Å². The minimum Gasteiger partial charge on any atom is -0.455 e. The summed E-state index contributed by atoms with van der Waals surface area (Å²) in [4.78, 5) is 13.2. The predicted octanol–water partition coefficient (Wildman–Crippen LogP) is 2.98. The summed E-state index contributed by atoms with van der Waals surface area (Å²) in [5.74, 6) is 1.48. The quantitative estimate of drug-likeness (QED) is 0.908. The van der Waals surface area contributed by atoms with Gasteiger partial charge in [-0.1, -0.05) is 30.3 Å². The Bertz CT molecular complexity index is 568. The third kappa shape index (κ3) is 3.75. The Morgan fingerprint density at radius 3 is 2.40 bits per heavy atom. The lowest BCUT2D eigenvalue weighted by atomic mass is 10.3. The molecule has 0 saturated carbocycles. The van der Waals surface area contributed by atoms with Gasteiger partial charge in [-0.15, -0.1) is 0 Å².